The van der Waals surface area contributed by atoms with Gasteiger partial charge in [0, 0.05) is 5.92 Å². The van der Waals surface area contributed by atoms with Crippen molar-refractivity contribution < 1.29 is 4.74 Å². The van der Waals surface area contributed by atoms with Crippen molar-refractivity contribution in [3.63, 3.8) is 0 Å². The number of rotatable bonds is 0. The molecule has 0 radical (unpaired) electrons. The molecule has 1 aliphatic carbocycles. The number of fused-ring (bicyclic) bond motifs is 1. The van der Waals surface area contributed by atoms with Crippen molar-refractivity contribution in [1.82, 2.24) is 0 Å². The zero-order valence-electron chi connectivity index (χ0n) is 8.50. The van der Waals surface area contributed by atoms with Crippen LogP contribution >= 0.6 is 0 Å². The highest BCUT2D eigenvalue weighted by Gasteiger charge is 2.27. The summed E-state index contributed by atoms with van der Waals surface area (Å²) in [6, 6.07) is 0. The zero-order valence-corrected chi connectivity index (χ0v) is 8.50. The van der Waals surface area contributed by atoms with Gasteiger partial charge in [0.05, 0.1) is 6.26 Å². The lowest BCUT2D eigenvalue weighted by Gasteiger charge is -2.27. The highest BCUT2D eigenvalue weighted by atomic mass is 16.5. The lowest BCUT2D eigenvalue weighted by Crippen LogP contribution is -2.15. The summed E-state index contributed by atoms with van der Waals surface area (Å²) in [7, 11) is 0. The normalized spacial score (nSPS) is 26.2. The summed E-state index contributed by atoms with van der Waals surface area (Å²) < 4.78 is 5.35. The van der Waals surface area contributed by atoms with Crippen LogP contribution in [-0.4, -0.2) is 0 Å². The third-order valence-electron chi connectivity index (χ3n) is 2.73. The van der Waals surface area contributed by atoms with Gasteiger partial charge >= 0.3 is 0 Å². The molecule has 2 aliphatic rings. The van der Waals surface area contributed by atoms with E-state index in [4.69, 9.17) is 4.74 Å². The van der Waals surface area contributed by atoms with E-state index in [-0.39, 0.29) is 0 Å². The Balaban J connectivity index is 2.23. The molecule has 1 heteroatoms. The molecule has 13 heavy (non-hydrogen) atoms. The second-order valence-electron chi connectivity index (χ2n) is 4.77. The minimum Gasteiger partial charge on any atom is -0.469 e. The first kappa shape index (κ1) is 8.61. The second kappa shape index (κ2) is 2.76. The van der Waals surface area contributed by atoms with Crippen molar-refractivity contribution in [2.75, 3.05) is 0 Å². The van der Waals surface area contributed by atoms with Crippen LogP contribution in [0.15, 0.2) is 35.8 Å². The molecule has 1 unspecified atom stereocenters. The molecule has 1 nitrogen and oxygen atoms in total. The van der Waals surface area contributed by atoms with Crippen LogP contribution < -0.4 is 0 Å². The van der Waals surface area contributed by atoms with Gasteiger partial charge in [-0.05, 0) is 24.0 Å². The molecule has 70 valence electrons. The van der Waals surface area contributed by atoms with Crippen molar-refractivity contribution in [1.29, 1.82) is 0 Å². The minimum absolute atomic E-state index is 0.290. The summed E-state index contributed by atoms with van der Waals surface area (Å²) in [5, 5.41) is 0. The maximum absolute atomic E-state index is 5.35. The third-order valence-corrected chi connectivity index (χ3v) is 2.73. The van der Waals surface area contributed by atoms with Crippen LogP contribution in [0.4, 0.5) is 0 Å². The number of allylic oxidation sites excluding steroid dienone is 4. The van der Waals surface area contributed by atoms with Gasteiger partial charge in [0.1, 0.15) is 5.76 Å². The number of hydrogen-bond acceptors (Lipinski definition) is 1. The van der Waals surface area contributed by atoms with Crippen LogP contribution in [0.1, 0.15) is 27.2 Å². The first-order valence-corrected chi connectivity index (χ1v) is 4.82. The molecular formula is C12H16O. The molecule has 0 amide bonds. The molecule has 0 saturated heterocycles. The summed E-state index contributed by atoms with van der Waals surface area (Å²) in [5.41, 5.74) is 1.80. The summed E-state index contributed by atoms with van der Waals surface area (Å²) in [6.45, 7) is 6.78. The van der Waals surface area contributed by atoms with Gasteiger partial charge in [-0.15, -0.1) is 0 Å². The van der Waals surface area contributed by atoms with Gasteiger partial charge in [-0.25, -0.2) is 0 Å². The van der Waals surface area contributed by atoms with Crippen LogP contribution in [0.25, 0.3) is 0 Å². The summed E-state index contributed by atoms with van der Waals surface area (Å²) in [6.07, 6.45) is 9.37. The highest BCUT2D eigenvalue weighted by molar-refractivity contribution is 5.31. The van der Waals surface area contributed by atoms with Gasteiger partial charge in [0.2, 0.25) is 0 Å². The van der Waals surface area contributed by atoms with E-state index >= 15 is 0 Å². The van der Waals surface area contributed by atoms with Crippen LogP contribution in [-0.2, 0) is 4.74 Å². The molecule has 0 bridgehead atoms. The molecule has 0 saturated carbocycles. The van der Waals surface area contributed by atoms with Gasteiger partial charge in [0.25, 0.3) is 0 Å². The SMILES string of the molecule is CC(C)(C)C1=CC=C2OC=CC2C1. The first-order chi connectivity index (χ1) is 6.07. The lowest BCUT2D eigenvalue weighted by atomic mass is 9.78. The zero-order chi connectivity index (χ0) is 9.47. The van der Waals surface area contributed by atoms with Gasteiger partial charge in [-0.3, -0.25) is 0 Å². The Morgan fingerprint density at radius 3 is 2.77 bits per heavy atom. The quantitative estimate of drug-likeness (QED) is 0.549. The average molecular weight is 176 g/mol. The fraction of sp³-hybridized carbons (Fsp3) is 0.500. The first-order valence-electron chi connectivity index (χ1n) is 4.82. The molecular weight excluding hydrogens is 160 g/mol. The molecule has 0 aromatic carbocycles. The summed E-state index contributed by atoms with van der Waals surface area (Å²) in [5.74, 6) is 1.60. The Hall–Kier alpha value is -0.980. The van der Waals surface area contributed by atoms with Gasteiger partial charge < -0.3 is 4.74 Å². The molecule has 1 aliphatic heterocycles. The van der Waals surface area contributed by atoms with E-state index in [9.17, 15) is 0 Å². The largest absolute Gasteiger partial charge is 0.469 e. The predicted octanol–water partition coefficient (Wildman–Crippen LogP) is 3.41. The molecule has 0 aromatic rings. The maximum Gasteiger partial charge on any atom is 0.110 e. The molecule has 1 heterocycles. The summed E-state index contributed by atoms with van der Waals surface area (Å²) >= 11 is 0. The van der Waals surface area contributed by atoms with Gasteiger partial charge in [-0.2, -0.15) is 0 Å². The van der Waals surface area contributed by atoms with E-state index in [1.807, 2.05) is 0 Å². The van der Waals surface area contributed by atoms with Crippen LogP contribution in [0, 0.1) is 11.3 Å². The topological polar surface area (TPSA) is 9.23 Å². The molecule has 1 atom stereocenters. The second-order valence-corrected chi connectivity index (χ2v) is 4.77. The monoisotopic (exact) mass is 176 g/mol. The Kier molecular flexibility index (Phi) is 1.83. The predicted molar refractivity (Wildman–Crippen MR) is 54.0 cm³/mol. The fourth-order valence-corrected chi connectivity index (χ4v) is 1.77. The highest BCUT2D eigenvalue weighted by Crippen LogP contribution is 2.38. The minimum atomic E-state index is 0.290. The molecule has 0 fully saturated rings. The van der Waals surface area contributed by atoms with Crippen molar-refractivity contribution >= 4 is 0 Å². The Morgan fingerprint density at radius 1 is 1.31 bits per heavy atom. The van der Waals surface area contributed by atoms with E-state index in [1.165, 1.54) is 5.57 Å². The average Bonchev–Trinajstić information content (AvgIpc) is 2.47. The maximum atomic E-state index is 5.35. The Morgan fingerprint density at radius 2 is 2.08 bits per heavy atom. The smallest absolute Gasteiger partial charge is 0.110 e. The van der Waals surface area contributed by atoms with E-state index in [0.29, 0.717) is 11.3 Å². The van der Waals surface area contributed by atoms with Crippen LogP contribution in [0.5, 0.6) is 0 Å². The summed E-state index contributed by atoms with van der Waals surface area (Å²) in [4.78, 5) is 0. The molecule has 2 rings (SSSR count). The third kappa shape index (κ3) is 1.55. The fourth-order valence-electron chi connectivity index (χ4n) is 1.77. The van der Waals surface area contributed by atoms with Crippen molar-refractivity contribution in [2.45, 2.75) is 27.2 Å². The molecule has 0 N–H and O–H groups in total. The number of ether oxygens (including phenoxy) is 1. The van der Waals surface area contributed by atoms with Gasteiger partial charge in [-0.1, -0.05) is 32.4 Å². The Labute approximate surface area is 79.8 Å². The van der Waals surface area contributed by atoms with E-state index in [2.05, 4.69) is 39.0 Å². The van der Waals surface area contributed by atoms with E-state index in [1.54, 1.807) is 6.26 Å². The molecule has 0 aromatic heterocycles. The standard InChI is InChI=1S/C12H16O/c1-12(2,3)10-4-5-11-9(8-10)6-7-13-11/h4-7,9H,8H2,1-3H3. The van der Waals surface area contributed by atoms with E-state index < -0.39 is 0 Å². The van der Waals surface area contributed by atoms with Crippen LogP contribution in [0.3, 0.4) is 0 Å². The van der Waals surface area contributed by atoms with E-state index in [0.717, 1.165) is 12.2 Å². The van der Waals surface area contributed by atoms with Crippen molar-refractivity contribution in [3.05, 3.63) is 35.8 Å². The van der Waals surface area contributed by atoms with Crippen LogP contribution in [0.2, 0.25) is 0 Å². The Bertz CT molecular complexity index is 300. The number of hydrogen-bond donors (Lipinski definition) is 0. The lowest BCUT2D eigenvalue weighted by molar-refractivity contribution is 0.332. The van der Waals surface area contributed by atoms with Crippen molar-refractivity contribution in [2.24, 2.45) is 11.3 Å². The molecule has 0 spiro atoms. The van der Waals surface area contributed by atoms with Crippen molar-refractivity contribution in [3.8, 4) is 0 Å². The van der Waals surface area contributed by atoms with Gasteiger partial charge in [0.15, 0.2) is 0 Å².